The molecule has 2 rings (SSSR count). The van der Waals surface area contributed by atoms with E-state index in [0.717, 1.165) is 0 Å². The zero-order valence-corrected chi connectivity index (χ0v) is 11.8. The van der Waals surface area contributed by atoms with Crippen molar-refractivity contribution in [1.82, 2.24) is 5.32 Å². The number of nitrogens with one attached hydrogen (secondary N) is 1. The molecule has 21 heavy (non-hydrogen) atoms. The van der Waals surface area contributed by atoms with E-state index in [0.29, 0.717) is 26.1 Å². The summed E-state index contributed by atoms with van der Waals surface area (Å²) in [6, 6.07) is 3.20. The summed E-state index contributed by atoms with van der Waals surface area (Å²) in [6.07, 6.45) is 1.17. The molecular formula is C15H18FNO4. The minimum atomic E-state index is -1.08. The molecule has 114 valence electrons. The molecule has 1 aromatic rings. The quantitative estimate of drug-likeness (QED) is 0.887. The van der Waals surface area contributed by atoms with Crippen LogP contribution >= 0.6 is 0 Å². The minimum absolute atomic E-state index is 0.160. The van der Waals surface area contributed by atoms with Gasteiger partial charge in [0.15, 0.2) is 0 Å². The molecule has 1 aliphatic rings. The number of carboxylic acids is 1. The first kappa shape index (κ1) is 15.4. The van der Waals surface area contributed by atoms with Crippen molar-refractivity contribution in [2.75, 3.05) is 13.2 Å². The highest BCUT2D eigenvalue weighted by Crippen LogP contribution is 2.20. The molecule has 0 aliphatic carbocycles. The summed E-state index contributed by atoms with van der Waals surface area (Å²) in [7, 11) is 0. The summed E-state index contributed by atoms with van der Waals surface area (Å²) in [6.45, 7) is 2.47. The third kappa shape index (κ3) is 3.58. The normalized spacial score (nSPS) is 17.2. The van der Waals surface area contributed by atoms with Crippen LogP contribution in [0.1, 0.15) is 28.8 Å². The number of rotatable bonds is 4. The predicted octanol–water partition coefficient (Wildman–Crippen LogP) is 1.74. The van der Waals surface area contributed by atoms with E-state index in [1.807, 2.05) is 0 Å². The topological polar surface area (TPSA) is 75.6 Å². The first-order valence-corrected chi connectivity index (χ1v) is 6.87. The van der Waals surface area contributed by atoms with Crippen molar-refractivity contribution in [2.24, 2.45) is 5.92 Å². The SMILES string of the molecule is Cc1c(F)cccc1C(=O)NC(C(=O)O)C1CCOCC1. The fraction of sp³-hybridized carbons (Fsp3) is 0.467. The van der Waals surface area contributed by atoms with Crippen molar-refractivity contribution in [1.29, 1.82) is 0 Å². The number of hydrogen-bond acceptors (Lipinski definition) is 3. The van der Waals surface area contributed by atoms with Gasteiger partial charge in [0, 0.05) is 18.8 Å². The lowest BCUT2D eigenvalue weighted by atomic mass is 9.91. The molecule has 5 nitrogen and oxygen atoms in total. The van der Waals surface area contributed by atoms with Crippen molar-refractivity contribution in [3.63, 3.8) is 0 Å². The van der Waals surface area contributed by atoms with Gasteiger partial charge in [0.25, 0.3) is 5.91 Å². The van der Waals surface area contributed by atoms with E-state index in [9.17, 15) is 19.1 Å². The molecule has 1 saturated heterocycles. The van der Waals surface area contributed by atoms with Crippen molar-refractivity contribution in [3.8, 4) is 0 Å². The summed E-state index contributed by atoms with van der Waals surface area (Å²) in [5, 5.41) is 11.8. The number of carbonyl (C=O) groups excluding carboxylic acids is 1. The predicted molar refractivity (Wildman–Crippen MR) is 73.6 cm³/mol. The first-order chi connectivity index (χ1) is 10.0. The highest BCUT2D eigenvalue weighted by molar-refractivity contribution is 5.97. The summed E-state index contributed by atoms with van der Waals surface area (Å²) in [4.78, 5) is 23.6. The smallest absolute Gasteiger partial charge is 0.326 e. The molecule has 2 N–H and O–H groups in total. The van der Waals surface area contributed by atoms with Crippen LogP contribution in [0.5, 0.6) is 0 Å². The molecule has 0 saturated carbocycles. The Balaban J connectivity index is 2.14. The molecule has 1 aromatic carbocycles. The Hall–Kier alpha value is -1.95. The Morgan fingerprint density at radius 1 is 1.38 bits per heavy atom. The Kier molecular flexibility index (Phi) is 4.90. The van der Waals surface area contributed by atoms with Crippen LogP contribution in [0.3, 0.4) is 0 Å². The highest BCUT2D eigenvalue weighted by atomic mass is 19.1. The van der Waals surface area contributed by atoms with Gasteiger partial charge in [-0.2, -0.15) is 0 Å². The molecule has 1 unspecified atom stereocenters. The Labute approximate surface area is 122 Å². The van der Waals surface area contributed by atoms with Crippen LogP contribution in [0, 0.1) is 18.7 Å². The first-order valence-electron chi connectivity index (χ1n) is 6.87. The molecule has 6 heteroatoms. The second-order valence-electron chi connectivity index (χ2n) is 5.15. The van der Waals surface area contributed by atoms with Gasteiger partial charge in [0.05, 0.1) is 0 Å². The molecule has 1 amide bonds. The van der Waals surface area contributed by atoms with Crippen molar-refractivity contribution in [3.05, 3.63) is 35.1 Å². The van der Waals surface area contributed by atoms with E-state index in [2.05, 4.69) is 5.32 Å². The van der Waals surface area contributed by atoms with Crippen molar-refractivity contribution in [2.45, 2.75) is 25.8 Å². The number of ether oxygens (including phenoxy) is 1. The van der Waals surface area contributed by atoms with Gasteiger partial charge in [0.1, 0.15) is 11.9 Å². The van der Waals surface area contributed by atoms with Gasteiger partial charge in [-0.05, 0) is 43.4 Å². The fourth-order valence-electron chi connectivity index (χ4n) is 2.50. The molecular weight excluding hydrogens is 277 g/mol. The lowest BCUT2D eigenvalue weighted by molar-refractivity contribution is -0.141. The van der Waals surface area contributed by atoms with E-state index in [1.54, 1.807) is 0 Å². The van der Waals surface area contributed by atoms with E-state index < -0.39 is 23.7 Å². The third-order valence-corrected chi connectivity index (χ3v) is 3.80. The number of benzene rings is 1. The number of hydrogen-bond donors (Lipinski definition) is 2. The van der Waals surface area contributed by atoms with E-state index in [-0.39, 0.29) is 17.0 Å². The Morgan fingerprint density at radius 3 is 2.67 bits per heavy atom. The van der Waals surface area contributed by atoms with Gasteiger partial charge in [-0.1, -0.05) is 6.07 Å². The summed E-state index contributed by atoms with van der Waals surface area (Å²) in [5.41, 5.74) is 0.374. The Morgan fingerprint density at radius 2 is 2.05 bits per heavy atom. The summed E-state index contributed by atoms with van der Waals surface area (Å²) in [5.74, 6) is -2.30. The lowest BCUT2D eigenvalue weighted by Gasteiger charge is -2.28. The van der Waals surface area contributed by atoms with E-state index in [4.69, 9.17) is 4.74 Å². The monoisotopic (exact) mass is 295 g/mol. The number of aliphatic carboxylic acids is 1. The summed E-state index contributed by atoms with van der Waals surface area (Å²) < 4.78 is 18.7. The highest BCUT2D eigenvalue weighted by Gasteiger charge is 2.31. The van der Waals surface area contributed by atoms with E-state index in [1.165, 1.54) is 25.1 Å². The van der Waals surface area contributed by atoms with Crippen LogP contribution in [-0.2, 0) is 9.53 Å². The van der Waals surface area contributed by atoms with Crippen LogP contribution in [0.15, 0.2) is 18.2 Å². The molecule has 0 aromatic heterocycles. The molecule has 1 fully saturated rings. The third-order valence-electron chi connectivity index (χ3n) is 3.80. The van der Waals surface area contributed by atoms with Gasteiger partial charge >= 0.3 is 5.97 Å². The van der Waals surface area contributed by atoms with Gasteiger partial charge in [-0.3, -0.25) is 4.79 Å². The van der Waals surface area contributed by atoms with Crippen LogP contribution < -0.4 is 5.32 Å². The molecule has 1 heterocycles. The zero-order valence-electron chi connectivity index (χ0n) is 11.8. The average Bonchev–Trinajstić information content (AvgIpc) is 2.48. The molecule has 1 aliphatic heterocycles. The number of amides is 1. The average molecular weight is 295 g/mol. The standard InChI is InChI=1S/C15H18FNO4/c1-9-11(3-2-4-12(9)16)14(18)17-13(15(19)20)10-5-7-21-8-6-10/h2-4,10,13H,5-8H2,1H3,(H,17,18)(H,19,20). The van der Waals surface area contributed by atoms with Gasteiger partial charge < -0.3 is 15.2 Å². The van der Waals surface area contributed by atoms with Gasteiger partial charge in [-0.25, -0.2) is 9.18 Å². The van der Waals surface area contributed by atoms with Gasteiger partial charge in [0.2, 0.25) is 0 Å². The lowest BCUT2D eigenvalue weighted by Crippen LogP contribution is -2.47. The van der Waals surface area contributed by atoms with Crippen LogP contribution in [-0.4, -0.2) is 36.2 Å². The number of carboxylic acid groups (broad SMARTS) is 1. The zero-order chi connectivity index (χ0) is 15.4. The molecule has 0 spiro atoms. The van der Waals surface area contributed by atoms with E-state index >= 15 is 0 Å². The van der Waals surface area contributed by atoms with Crippen LogP contribution in [0.4, 0.5) is 4.39 Å². The molecule has 0 radical (unpaired) electrons. The van der Waals surface area contributed by atoms with Gasteiger partial charge in [-0.15, -0.1) is 0 Å². The van der Waals surface area contributed by atoms with Crippen LogP contribution in [0.2, 0.25) is 0 Å². The second-order valence-corrected chi connectivity index (χ2v) is 5.15. The maximum Gasteiger partial charge on any atom is 0.326 e. The minimum Gasteiger partial charge on any atom is -0.480 e. The second kappa shape index (κ2) is 6.67. The largest absolute Gasteiger partial charge is 0.480 e. The van der Waals surface area contributed by atoms with Crippen LogP contribution in [0.25, 0.3) is 0 Å². The number of halogens is 1. The number of carbonyl (C=O) groups is 2. The molecule has 1 atom stereocenters. The maximum atomic E-state index is 13.5. The fourth-order valence-corrected chi connectivity index (χ4v) is 2.50. The van der Waals surface area contributed by atoms with Crippen molar-refractivity contribution < 1.29 is 23.8 Å². The molecule has 0 bridgehead atoms. The maximum absolute atomic E-state index is 13.5. The summed E-state index contributed by atoms with van der Waals surface area (Å²) >= 11 is 0. The van der Waals surface area contributed by atoms with Crippen molar-refractivity contribution >= 4 is 11.9 Å². The Bertz CT molecular complexity index is 540.